The second kappa shape index (κ2) is 7.03. The third-order valence-electron chi connectivity index (χ3n) is 4.52. The summed E-state index contributed by atoms with van der Waals surface area (Å²) < 4.78 is 0. The van der Waals surface area contributed by atoms with E-state index in [4.69, 9.17) is 0 Å². The maximum atomic E-state index is 11.5. The van der Waals surface area contributed by atoms with Crippen LogP contribution in [0.4, 0.5) is 0 Å². The highest BCUT2D eigenvalue weighted by molar-refractivity contribution is 5.84. The van der Waals surface area contributed by atoms with Crippen LogP contribution < -0.4 is 0 Å². The van der Waals surface area contributed by atoms with Gasteiger partial charge in [-0.15, -0.1) is 0 Å². The van der Waals surface area contributed by atoms with Crippen molar-refractivity contribution in [1.82, 2.24) is 0 Å². The van der Waals surface area contributed by atoms with Gasteiger partial charge < -0.3 is 5.11 Å². The highest BCUT2D eigenvalue weighted by Gasteiger charge is 2.36. The molecular weight excluding hydrogens is 248 g/mol. The summed E-state index contributed by atoms with van der Waals surface area (Å²) in [5.41, 5.74) is 1.46. The molecule has 0 saturated heterocycles. The Bertz CT molecular complexity index is 431. The van der Waals surface area contributed by atoms with Gasteiger partial charge in [-0.3, -0.25) is 4.79 Å². The van der Waals surface area contributed by atoms with Gasteiger partial charge in [0.05, 0.1) is 6.10 Å². The lowest BCUT2D eigenvalue weighted by molar-refractivity contribution is -0.120. The Hall–Kier alpha value is -1.15. The largest absolute Gasteiger partial charge is 0.392 e. The van der Waals surface area contributed by atoms with E-state index in [1.54, 1.807) is 0 Å². The summed E-state index contributed by atoms with van der Waals surface area (Å²) in [5, 5.41) is 9.85. The molecule has 0 aliphatic heterocycles. The van der Waals surface area contributed by atoms with E-state index in [2.05, 4.69) is 31.2 Å². The van der Waals surface area contributed by atoms with E-state index in [0.717, 1.165) is 6.42 Å². The van der Waals surface area contributed by atoms with Crippen LogP contribution >= 0.6 is 0 Å². The SMILES string of the molecule is CC1C(=O)CC(O)[C@@H]1/C=C/C[C@@H](C)/C=C/C1=CCCC1. The highest BCUT2D eigenvalue weighted by Crippen LogP contribution is 2.30. The van der Waals surface area contributed by atoms with E-state index in [-0.39, 0.29) is 17.6 Å². The molecule has 0 amide bonds. The smallest absolute Gasteiger partial charge is 0.138 e. The Morgan fingerprint density at radius 1 is 1.50 bits per heavy atom. The van der Waals surface area contributed by atoms with Crippen LogP contribution in [0, 0.1) is 17.8 Å². The molecule has 2 aliphatic rings. The Kier molecular flexibility index (Phi) is 5.36. The third kappa shape index (κ3) is 3.92. The monoisotopic (exact) mass is 274 g/mol. The fourth-order valence-electron chi connectivity index (χ4n) is 3.03. The van der Waals surface area contributed by atoms with E-state index >= 15 is 0 Å². The second-order valence-corrected chi connectivity index (χ2v) is 6.28. The first-order valence-corrected chi connectivity index (χ1v) is 7.82. The Balaban J connectivity index is 1.79. The summed E-state index contributed by atoms with van der Waals surface area (Å²) >= 11 is 0. The van der Waals surface area contributed by atoms with Crippen LogP contribution in [0.1, 0.15) is 46.0 Å². The minimum Gasteiger partial charge on any atom is -0.392 e. The molecule has 2 unspecified atom stereocenters. The van der Waals surface area contributed by atoms with Crippen molar-refractivity contribution in [3.63, 3.8) is 0 Å². The maximum Gasteiger partial charge on any atom is 0.138 e. The van der Waals surface area contributed by atoms with Crippen LogP contribution in [0.3, 0.4) is 0 Å². The summed E-state index contributed by atoms with van der Waals surface area (Å²) in [4.78, 5) is 11.5. The van der Waals surface area contributed by atoms with E-state index < -0.39 is 6.10 Å². The van der Waals surface area contributed by atoms with Crippen molar-refractivity contribution < 1.29 is 9.90 Å². The van der Waals surface area contributed by atoms with Gasteiger partial charge in [0.25, 0.3) is 0 Å². The standard InChI is InChI=1S/C18H26O2/c1-13(10-11-15-7-3-4-8-15)6-5-9-16-14(2)17(19)12-18(16)20/h5,7,9-11,13-14,16,18,20H,3-4,6,8,12H2,1-2H3/b9-5+,11-10+/t13-,14?,16-,18?/m1/s1. The van der Waals surface area contributed by atoms with Crippen molar-refractivity contribution in [3.05, 3.63) is 36.0 Å². The van der Waals surface area contributed by atoms with Crippen molar-refractivity contribution in [3.8, 4) is 0 Å². The van der Waals surface area contributed by atoms with Gasteiger partial charge in [0.2, 0.25) is 0 Å². The van der Waals surface area contributed by atoms with Crippen molar-refractivity contribution >= 4 is 5.78 Å². The molecular formula is C18H26O2. The minimum absolute atomic E-state index is 0.0104. The van der Waals surface area contributed by atoms with Gasteiger partial charge >= 0.3 is 0 Å². The number of allylic oxidation sites excluding steroid dienone is 5. The number of carbonyl (C=O) groups excluding carboxylic acids is 1. The quantitative estimate of drug-likeness (QED) is 0.774. The fraction of sp³-hybridized carbons (Fsp3) is 0.611. The summed E-state index contributed by atoms with van der Waals surface area (Å²) in [6, 6.07) is 0. The van der Waals surface area contributed by atoms with Crippen molar-refractivity contribution in [2.24, 2.45) is 17.8 Å². The first-order chi connectivity index (χ1) is 9.58. The zero-order valence-electron chi connectivity index (χ0n) is 12.6. The van der Waals surface area contributed by atoms with Gasteiger partial charge in [-0.05, 0) is 31.6 Å². The van der Waals surface area contributed by atoms with Gasteiger partial charge in [0.15, 0.2) is 0 Å². The van der Waals surface area contributed by atoms with Gasteiger partial charge in [-0.25, -0.2) is 0 Å². The van der Waals surface area contributed by atoms with Crippen LogP contribution in [-0.2, 0) is 4.79 Å². The Morgan fingerprint density at radius 2 is 2.30 bits per heavy atom. The predicted octanol–water partition coefficient (Wildman–Crippen LogP) is 3.82. The van der Waals surface area contributed by atoms with E-state index in [9.17, 15) is 9.90 Å². The van der Waals surface area contributed by atoms with Gasteiger partial charge in [0.1, 0.15) is 5.78 Å². The molecule has 0 heterocycles. The lowest BCUT2D eigenvalue weighted by atomic mass is 9.94. The first kappa shape index (κ1) is 15.2. The number of carbonyl (C=O) groups is 1. The Morgan fingerprint density at radius 3 is 2.90 bits per heavy atom. The molecule has 0 radical (unpaired) electrons. The number of ketones is 1. The molecule has 2 heteroatoms. The lowest BCUT2D eigenvalue weighted by Gasteiger charge is -2.13. The Labute approximate surface area is 122 Å². The van der Waals surface area contributed by atoms with Crippen LogP contribution in [-0.4, -0.2) is 17.0 Å². The molecule has 20 heavy (non-hydrogen) atoms. The predicted molar refractivity (Wildman–Crippen MR) is 82.3 cm³/mol. The molecule has 4 atom stereocenters. The van der Waals surface area contributed by atoms with Crippen LogP contribution in [0.15, 0.2) is 36.0 Å². The number of hydrogen-bond acceptors (Lipinski definition) is 2. The molecule has 2 nitrogen and oxygen atoms in total. The normalized spacial score (nSPS) is 32.5. The summed E-state index contributed by atoms with van der Waals surface area (Å²) in [6.07, 6.45) is 15.5. The zero-order chi connectivity index (χ0) is 14.5. The minimum atomic E-state index is -0.483. The second-order valence-electron chi connectivity index (χ2n) is 6.28. The van der Waals surface area contributed by atoms with Crippen LogP contribution in [0.5, 0.6) is 0 Å². The van der Waals surface area contributed by atoms with Gasteiger partial charge in [-0.2, -0.15) is 0 Å². The summed E-state index contributed by atoms with van der Waals surface area (Å²) in [7, 11) is 0. The van der Waals surface area contributed by atoms with E-state index in [0.29, 0.717) is 12.3 Å². The maximum absolute atomic E-state index is 11.5. The molecule has 2 aliphatic carbocycles. The molecule has 1 saturated carbocycles. The first-order valence-electron chi connectivity index (χ1n) is 7.82. The molecule has 1 N–H and O–H groups in total. The van der Waals surface area contributed by atoms with Gasteiger partial charge in [-0.1, -0.05) is 49.8 Å². The van der Waals surface area contributed by atoms with Crippen molar-refractivity contribution in [2.45, 2.75) is 52.1 Å². The highest BCUT2D eigenvalue weighted by atomic mass is 16.3. The molecule has 0 spiro atoms. The fourth-order valence-corrected chi connectivity index (χ4v) is 3.03. The van der Waals surface area contributed by atoms with E-state index in [1.807, 2.05) is 13.0 Å². The van der Waals surface area contributed by atoms with Crippen LogP contribution in [0.2, 0.25) is 0 Å². The molecule has 110 valence electrons. The van der Waals surface area contributed by atoms with E-state index in [1.165, 1.54) is 24.8 Å². The molecule has 0 aromatic rings. The average molecular weight is 274 g/mol. The topological polar surface area (TPSA) is 37.3 Å². The van der Waals surface area contributed by atoms with Gasteiger partial charge in [0, 0.05) is 18.3 Å². The number of aliphatic hydroxyl groups excluding tert-OH is 1. The van der Waals surface area contributed by atoms with Crippen molar-refractivity contribution in [2.75, 3.05) is 0 Å². The molecule has 0 bridgehead atoms. The lowest BCUT2D eigenvalue weighted by Crippen LogP contribution is -2.15. The number of hydrogen-bond donors (Lipinski definition) is 1. The average Bonchev–Trinajstić information content (AvgIpc) is 3.00. The molecule has 0 aromatic carbocycles. The number of rotatable bonds is 5. The molecule has 0 aromatic heterocycles. The molecule has 1 fully saturated rings. The number of Topliss-reactive ketones (excluding diaryl/α,β-unsaturated/α-hetero) is 1. The zero-order valence-corrected chi connectivity index (χ0v) is 12.6. The number of aliphatic hydroxyl groups is 1. The summed E-state index contributed by atoms with van der Waals surface area (Å²) in [5.74, 6) is 0.664. The third-order valence-corrected chi connectivity index (χ3v) is 4.52. The molecule has 2 rings (SSSR count). The van der Waals surface area contributed by atoms with Crippen molar-refractivity contribution in [1.29, 1.82) is 0 Å². The summed E-state index contributed by atoms with van der Waals surface area (Å²) in [6.45, 7) is 4.12. The van der Waals surface area contributed by atoms with Crippen LogP contribution in [0.25, 0.3) is 0 Å².